The van der Waals surface area contributed by atoms with Crippen LogP contribution in [0.2, 0.25) is 0 Å². The van der Waals surface area contributed by atoms with E-state index in [1.807, 2.05) is 25.1 Å². The van der Waals surface area contributed by atoms with Gasteiger partial charge in [0.2, 0.25) is 5.91 Å². The normalized spacial score (nSPS) is 12.3. The van der Waals surface area contributed by atoms with Gasteiger partial charge in [-0.05, 0) is 29.7 Å². The van der Waals surface area contributed by atoms with Gasteiger partial charge in [0.25, 0.3) is 0 Å². The lowest BCUT2D eigenvalue weighted by molar-refractivity contribution is -0.120. The number of benzene rings is 1. The SMILES string of the molecule is CNC(=O)CC(C)c1cc(Br)cc(Br)c1. The van der Waals surface area contributed by atoms with Crippen molar-refractivity contribution in [1.29, 1.82) is 0 Å². The number of carbonyl (C=O) groups is 1. The van der Waals surface area contributed by atoms with Crippen LogP contribution in [0.5, 0.6) is 0 Å². The van der Waals surface area contributed by atoms with Crippen molar-refractivity contribution in [2.45, 2.75) is 19.3 Å². The van der Waals surface area contributed by atoms with E-state index in [2.05, 4.69) is 37.2 Å². The molecule has 1 aromatic carbocycles. The van der Waals surface area contributed by atoms with Crippen molar-refractivity contribution >= 4 is 37.8 Å². The summed E-state index contributed by atoms with van der Waals surface area (Å²) in [6, 6.07) is 6.06. The first-order valence-corrected chi connectivity index (χ1v) is 6.28. The molecule has 0 aliphatic heterocycles. The molecule has 0 aliphatic carbocycles. The Kier molecular flexibility index (Phi) is 4.80. The van der Waals surface area contributed by atoms with Gasteiger partial charge in [-0.3, -0.25) is 4.79 Å². The zero-order valence-electron chi connectivity index (χ0n) is 8.68. The lowest BCUT2D eigenvalue weighted by atomic mass is 9.98. The molecule has 0 aromatic heterocycles. The van der Waals surface area contributed by atoms with E-state index in [0.29, 0.717) is 6.42 Å². The second-order valence-electron chi connectivity index (χ2n) is 3.48. The maximum absolute atomic E-state index is 11.2. The van der Waals surface area contributed by atoms with Crippen LogP contribution in [0.4, 0.5) is 0 Å². The topological polar surface area (TPSA) is 29.1 Å². The van der Waals surface area contributed by atoms with E-state index in [9.17, 15) is 4.79 Å². The van der Waals surface area contributed by atoms with Crippen molar-refractivity contribution in [1.82, 2.24) is 5.32 Å². The molecular weight excluding hydrogens is 322 g/mol. The highest BCUT2D eigenvalue weighted by Crippen LogP contribution is 2.26. The van der Waals surface area contributed by atoms with E-state index in [4.69, 9.17) is 0 Å². The van der Waals surface area contributed by atoms with E-state index in [-0.39, 0.29) is 11.8 Å². The van der Waals surface area contributed by atoms with Crippen LogP contribution in [0.3, 0.4) is 0 Å². The molecule has 1 aromatic rings. The Labute approximate surface area is 107 Å². The summed E-state index contributed by atoms with van der Waals surface area (Å²) in [6.45, 7) is 2.05. The molecule has 0 aliphatic rings. The summed E-state index contributed by atoms with van der Waals surface area (Å²) in [6.07, 6.45) is 0.513. The molecule has 1 unspecified atom stereocenters. The summed E-state index contributed by atoms with van der Waals surface area (Å²) < 4.78 is 2.05. The average Bonchev–Trinajstić information content (AvgIpc) is 2.16. The number of carbonyl (C=O) groups excluding carboxylic acids is 1. The molecule has 0 saturated heterocycles. The van der Waals surface area contributed by atoms with Crippen molar-refractivity contribution in [3.63, 3.8) is 0 Å². The van der Waals surface area contributed by atoms with E-state index >= 15 is 0 Å². The third kappa shape index (κ3) is 3.95. The summed E-state index contributed by atoms with van der Waals surface area (Å²) in [5.41, 5.74) is 1.15. The first-order valence-electron chi connectivity index (χ1n) is 4.69. The smallest absolute Gasteiger partial charge is 0.220 e. The molecule has 82 valence electrons. The molecule has 0 fully saturated rings. The molecule has 1 N–H and O–H groups in total. The van der Waals surface area contributed by atoms with Gasteiger partial charge < -0.3 is 5.32 Å². The minimum absolute atomic E-state index is 0.0681. The third-order valence-corrected chi connectivity index (χ3v) is 3.14. The van der Waals surface area contributed by atoms with Gasteiger partial charge in [-0.2, -0.15) is 0 Å². The Bertz CT molecular complexity index is 345. The fourth-order valence-corrected chi connectivity index (χ4v) is 2.69. The van der Waals surface area contributed by atoms with Crippen LogP contribution in [0.15, 0.2) is 27.1 Å². The van der Waals surface area contributed by atoms with Gasteiger partial charge in [-0.25, -0.2) is 0 Å². The molecule has 0 bridgehead atoms. The number of amides is 1. The van der Waals surface area contributed by atoms with Gasteiger partial charge in [-0.1, -0.05) is 38.8 Å². The van der Waals surface area contributed by atoms with Crippen molar-refractivity contribution in [2.24, 2.45) is 0 Å². The first-order chi connectivity index (χ1) is 7.02. The number of nitrogens with one attached hydrogen (secondary N) is 1. The number of rotatable bonds is 3. The fourth-order valence-electron chi connectivity index (χ4n) is 1.36. The van der Waals surface area contributed by atoms with Crippen LogP contribution < -0.4 is 5.32 Å². The van der Waals surface area contributed by atoms with Gasteiger partial charge >= 0.3 is 0 Å². The van der Waals surface area contributed by atoms with Crippen LogP contribution in [0.1, 0.15) is 24.8 Å². The van der Waals surface area contributed by atoms with Crippen molar-refractivity contribution < 1.29 is 4.79 Å². The van der Waals surface area contributed by atoms with Crippen LogP contribution >= 0.6 is 31.9 Å². The molecule has 1 amide bonds. The van der Waals surface area contributed by atoms with E-state index in [0.717, 1.165) is 14.5 Å². The highest BCUT2D eigenvalue weighted by atomic mass is 79.9. The highest BCUT2D eigenvalue weighted by molar-refractivity contribution is 9.11. The zero-order chi connectivity index (χ0) is 11.4. The van der Waals surface area contributed by atoms with Crippen LogP contribution in [0, 0.1) is 0 Å². The molecule has 15 heavy (non-hydrogen) atoms. The second kappa shape index (κ2) is 5.66. The molecular formula is C11H13Br2NO. The minimum atomic E-state index is 0.0681. The Balaban J connectivity index is 2.81. The van der Waals surface area contributed by atoms with Gasteiger partial charge in [0.05, 0.1) is 0 Å². The Hall–Kier alpha value is -0.350. The monoisotopic (exact) mass is 333 g/mol. The average molecular weight is 335 g/mol. The van der Waals surface area contributed by atoms with E-state index in [1.54, 1.807) is 7.05 Å². The third-order valence-electron chi connectivity index (χ3n) is 2.22. The van der Waals surface area contributed by atoms with Crippen LogP contribution in [0.25, 0.3) is 0 Å². The molecule has 4 heteroatoms. The minimum Gasteiger partial charge on any atom is -0.359 e. The van der Waals surface area contributed by atoms with Crippen molar-refractivity contribution in [3.05, 3.63) is 32.7 Å². The molecule has 0 saturated carbocycles. The Morgan fingerprint density at radius 1 is 1.33 bits per heavy atom. The maximum atomic E-state index is 11.2. The van der Waals surface area contributed by atoms with Crippen molar-refractivity contribution in [2.75, 3.05) is 7.05 Å². The molecule has 0 spiro atoms. The fraction of sp³-hybridized carbons (Fsp3) is 0.364. The summed E-state index contributed by atoms with van der Waals surface area (Å²) in [4.78, 5) is 11.2. The number of halogens is 2. The molecule has 1 atom stereocenters. The predicted octanol–water partition coefficient (Wildman–Crippen LogP) is 3.45. The molecule has 1 rings (SSSR count). The van der Waals surface area contributed by atoms with Gasteiger partial charge in [0.1, 0.15) is 0 Å². The van der Waals surface area contributed by atoms with Gasteiger partial charge in [-0.15, -0.1) is 0 Å². The lowest BCUT2D eigenvalue weighted by Crippen LogP contribution is -2.19. The lowest BCUT2D eigenvalue weighted by Gasteiger charge is -2.11. The maximum Gasteiger partial charge on any atom is 0.220 e. The van der Waals surface area contributed by atoms with Crippen LogP contribution in [-0.4, -0.2) is 13.0 Å². The van der Waals surface area contributed by atoms with Crippen molar-refractivity contribution in [3.8, 4) is 0 Å². The number of hydrogen-bond acceptors (Lipinski definition) is 1. The molecule has 2 nitrogen and oxygen atoms in total. The van der Waals surface area contributed by atoms with Crippen LogP contribution in [-0.2, 0) is 4.79 Å². The summed E-state index contributed by atoms with van der Waals surface area (Å²) in [5, 5.41) is 2.63. The largest absolute Gasteiger partial charge is 0.359 e. The Morgan fingerprint density at radius 3 is 2.33 bits per heavy atom. The molecule has 0 radical (unpaired) electrons. The number of hydrogen-bond donors (Lipinski definition) is 1. The standard InChI is InChI=1S/C11H13Br2NO/c1-7(3-11(15)14-2)8-4-9(12)6-10(13)5-8/h4-7H,3H2,1-2H3,(H,14,15). The second-order valence-corrected chi connectivity index (χ2v) is 5.31. The Morgan fingerprint density at radius 2 is 1.87 bits per heavy atom. The zero-order valence-corrected chi connectivity index (χ0v) is 11.9. The van der Waals surface area contributed by atoms with E-state index in [1.165, 1.54) is 0 Å². The highest BCUT2D eigenvalue weighted by Gasteiger charge is 2.11. The van der Waals surface area contributed by atoms with E-state index < -0.39 is 0 Å². The summed E-state index contributed by atoms with van der Waals surface area (Å²) >= 11 is 6.87. The quantitative estimate of drug-likeness (QED) is 0.901. The van der Waals surface area contributed by atoms with Gasteiger partial charge in [0, 0.05) is 22.4 Å². The predicted molar refractivity (Wildman–Crippen MR) is 68.9 cm³/mol. The first kappa shape index (κ1) is 12.7. The van der Waals surface area contributed by atoms with Gasteiger partial charge in [0.15, 0.2) is 0 Å². The summed E-state index contributed by atoms with van der Waals surface area (Å²) in [7, 11) is 1.66. The summed E-state index contributed by atoms with van der Waals surface area (Å²) in [5.74, 6) is 0.289. The molecule has 0 heterocycles.